The number of carbonyl (C=O) groups excluding carboxylic acids is 1. The minimum absolute atomic E-state index is 0.118. The maximum Gasteiger partial charge on any atom is 0.248 e. The molecule has 0 unspecified atom stereocenters. The fourth-order valence-electron chi connectivity index (χ4n) is 2.70. The van der Waals surface area contributed by atoms with E-state index in [0.717, 1.165) is 34.1 Å². The van der Waals surface area contributed by atoms with Gasteiger partial charge >= 0.3 is 0 Å². The molecule has 0 aliphatic carbocycles. The lowest BCUT2D eigenvalue weighted by atomic mass is 9.96. The molecule has 0 spiro atoms. The van der Waals surface area contributed by atoms with Gasteiger partial charge in [0.05, 0.1) is 18.5 Å². The molecule has 1 amide bonds. The van der Waals surface area contributed by atoms with E-state index in [0.29, 0.717) is 5.56 Å². The van der Waals surface area contributed by atoms with Crippen LogP contribution in [-0.2, 0) is 5.41 Å². The van der Waals surface area contributed by atoms with Gasteiger partial charge in [0.25, 0.3) is 0 Å². The van der Waals surface area contributed by atoms with Gasteiger partial charge < -0.3 is 15.5 Å². The molecule has 0 bridgehead atoms. The molecule has 0 saturated heterocycles. The predicted octanol–water partition coefficient (Wildman–Crippen LogP) is 4.15. The van der Waals surface area contributed by atoms with Crippen LogP contribution in [-0.4, -0.2) is 23.0 Å². The third-order valence-corrected chi connectivity index (χ3v) is 4.24. The Morgan fingerprint density at radius 3 is 2.08 bits per heavy atom. The summed E-state index contributed by atoms with van der Waals surface area (Å²) in [7, 11) is 1.65. The molecular formula is C21H23N3O2. The maximum atomic E-state index is 11.3. The number of amides is 1. The van der Waals surface area contributed by atoms with Crippen molar-refractivity contribution in [1.82, 2.24) is 9.97 Å². The monoisotopic (exact) mass is 349 g/mol. The van der Waals surface area contributed by atoms with Crippen LogP contribution in [0, 0.1) is 0 Å². The number of nitrogens with zero attached hydrogens (tertiary/aromatic N) is 1. The molecule has 0 aliphatic heterocycles. The van der Waals surface area contributed by atoms with Gasteiger partial charge in [-0.25, -0.2) is 4.98 Å². The number of nitrogens with one attached hydrogen (secondary N) is 1. The lowest BCUT2D eigenvalue weighted by Crippen LogP contribution is -2.13. The average molecular weight is 349 g/mol. The quantitative estimate of drug-likeness (QED) is 0.742. The second-order valence-corrected chi connectivity index (χ2v) is 7.23. The number of ether oxygens (including phenoxy) is 1. The van der Waals surface area contributed by atoms with E-state index in [9.17, 15) is 4.79 Å². The van der Waals surface area contributed by atoms with Gasteiger partial charge in [-0.15, -0.1) is 0 Å². The summed E-state index contributed by atoms with van der Waals surface area (Å²) in [5.74, 6) is 1.26. The number of methoxy groups -OCH3 is 1. The van der Waals surface area contributed by atoms with Gasteiger partial charge in [0.15, 0.2) is 0 Å². The molecule has 1 heterocycles. The molecule has 2 aromatic carbocycles. The van der Waals surface area contributed by atoms with Crippen molar-refractivity contribution >= 4 is 5.91 Å². The van der Waals surface area contributed by atoms with Gasteiger partial charge in [-0.2, -0.15) is 0 Å². The second kappa shape index (κ2) is 6.67. The van der Waals surface area contributed by atoms with Crippen molar-refractivity contribution < 1.29 is 9.53 Å². The van der Waals surface area contributed by atoms with Crippen LogP contribution >= 0.6 is 0 Å². The zero-order valence-corrected chi connectivity index (χ0v) is 15.5. The smallest absolute Gasteiger partial charge is 0.248 e. The summed E-state index contributed by atoms with van der Waals surface area (Å²) in [5.41, 5.74) is 9.42. The Hall–Kier alpha value is -3.08. The highest BCUT2D eigenvalue weighted by atomic mass is 16.5. The number of H-pyrrole nitrogens is 1. The standard InChI is InChI=1S/C21H23N3O2/c1-21(2,3)20-23-17(13-5-7-15(8-6-13)19(22)25)18(24-20)14-9-11-16(26-4)12-10-14/h5-12H,1-4H3,(H2,22,25)(H,23,24). The molecule has 0 radical (unpaired) electrons. The fourth-order valence-corrected chi connectivity index (χ4v) is 2.70. The van der Waals surface area contributed by atoms with Crippen molar-refractivity contribution in [1.29, 1.82) is 0 Å². The van der Waals surface area contributed by atoms with Crippen molar-refractivity contribution in [2.45, 2.75) is 26.2 Å². The number of imidazole rings is 1. The predicted molar refractivity (Wildman–Crippen MR) is 103 cm³/mol. The SMILES string of the molecule is COc1ccc(-c2nc(C(C)(C)C)[nH]c2-c2ccc(C(N)=O)cc2)cc1. The Kier molecular flexibility index (Phi) is 4.55. The molecule has 0 fully saturated rings. The number of aromatic nitrogens is 2. The molecule has 5 nitrogen and oxygen atoms in total. The topological polar surface area (TPSA) is 81.0 Å². The zero-order chi connectivity index (χ0) is 18.9. The molecule has 3 aromatic rings. The first-order chi connectivity index (χ1) is 12.3. The average Bonchev–Trinajstić information content (AvgIpc) is 3.07. The number of nitrogens with two attached hydrogens (primary N) is 1. The van der Waals surface area contributed by atoms with E-state index >= 15 is 0 Å². The number of carbonyl (C=O) groups is 1. The lowest BCUT2D eigenvalue weighted by Gasteiger charge is -2.14. The minimum Gasteiger partial charge on any atom is -0.497 e. The van der Waals surface area contributed by atoms with E-state index in [1.165, 1.54) is 0 Å². The van der Waals surface area contributed by atoms with Crippen molar-refractivity contribution in [3.05, 3.63) is 59.9 Å². The van der Waals surface area contributed by atoms with Crippen molar-refractivity contribution in [3.63, 3.8) is 0 Å². The Labute approximate surface area is 153 Å². The van der Waals surface area contributed by atoms with Crippen LogP contribution in [0.15, 0.2) is 48.5 Å². The number of rotatable bonds is 4. The van der Waals surface area contributed by atoms with Crippen molar-refractivity contribution in [2.75, 3.05) is 7.11 Å². The Balaban J connectivity index is 2.13. The molecule has 26 heavy (non-hydrogen) atoms. The summed E-state index contributed by atoms with van der Waals surface area (Å²) in [6.07, 6.45) is 0. The molecule has 3 rings (SSSR count). The number of hydrogen-bond acceptors (Lipinski definition) is 3. The summed E-state index contributed by atoms with van der Waals surface area (Å²) in [6, 6.07) is 15.0. The van der Waals surface area contributed by atoms with Gasteiger partial charge in [-0.1, -0.05) is 32.9 Å². The van der Waals surface area contributed by atoms with Crippen LogP contribution in [0.5, 0.6) is 5.75 Å². The number of aromatic amines is 1. The van der Waals surface area contributed by atoms with Crippen LogP contribution < -0.4 is 10.5 Å². The Bertz CT molecular complexity index is 917. The lowest BCUT2D eigenvalue weighted by molar-refractivity contribution is 0.100. The van der Waals surface area contributed by atoms with E-state index in [1.807, 2.05) is 36.4 Å². The van der Waals surface area contributed by atoms with E-state index < -0.39 is 5.91 Å². The number of hydrogen-bond donors (Lipinski definition) is 2. The van der Waals surface area contributed by atoms with Gasteiger partial charge in [-0.3, -0.25) is 4.79 Å². The third-order valence-electron chi connectivity index (χ3n) is 4.24. The van der Waals surface area contributed by atoms with Crippen LogP contribution in [0.3, 0.4) is 0 Å². The first kappa shape index (κ1) is 17.7. The molecule has 0 aliphatic rings. The summed E-state index contributed by atoms with van der Waals surface area (Å²) in [6.45, 7) is 6.34. The Morgan fingerprint density at radius 2 is 1.58 bits per heavy atom. The van der Waals surface area contributed by atoms with E-state index in [1.54, 1.807) is 19.2 Å². The highest BCUT2D eigenvalue weighted by molar-refractivity contribution is 5.93. The van der Waals surface area contributed by atoms with Gasteiger partial charge in [0, 0.05) is 22.1 Å². The fraction of sp³-hybridized carbons (Fsp3) is 0.238. The highest BCUT2D eigenvalue weighted by Gasteiger charge is 2.22. The molecule has 5 heteroatoms. The van der Waals surface area contributed by atoms with Crippen LogP contribution in [0.2, 0.25) is 0 Å². The summed E-state index contributed by atoms with van der Waals surface area (Å²) in [5, 5.41) is 0. The van der Waals surface area contributed by atoms with Gasteiger partial charge in [-0.05, 0) is 36.4 Å². The zero-order valence-electron chi connectivity index (χ0n) is 15.5. The second-order valence-electron chi connectivity index (χ2n) is 7.23. The Morgan fingerprint density at radius 1 is 1.00 bits per heavy atom. The normalized spacial score (nSPS) is 11.4. The third kappa shape index (κ3) is 3.47. The molecule has 0 atom stereocenters. The molecule has 3 N–H and O–H groups in total. The van der Waals surface area contributed by atoms with Crippen LogP contribution in [0.4, 0.5) is 0 Å². The molecule has 1 aromatic heterocycles. The largest absolute Gasteiger partial charge is 0.497 e. The van der Waals surface area contributed by atoms with Crippen molar-refractivity contribution in [2.24, 2.45) is 5.73 Å². The van der Waals surface area contributed by atoms with E-state index in [-0.39, 0.29) is 5.41 Å². The van der Waals surface area contributed by atoms with Gasteiger partial charge in [0.2, 0.25) is 5.91 Å². The van der Waals surface area contributed by atoms with Crippen molar-refractivity contribution in [3.8, 4) is 28.3 Å². The minimum atomic E-state index is -0.438. The highest BCUT2D eigenvalue weighted by Crippen LogP contribution is 2.34. The molecular weight excluding hydrogens is 326 g/mol. The molecule has 134 valence electrons. The summed E-state index contributed by atoms with van der Waals surface area (Å²) in [4.78, 5) is 19.6. The summed E-state index contributed by atoms with van der Waals surface area (Å²) >= 11 is 0. The first-order valence-electron chi connectivity index (χ1n) is 8.45. The van der Waals surface area contributed by atoms with Crippen LogP contribution in [0.25, 0.3) is 22.5 Å². The van der Waals surface area contributed by atoms with Gasteiger partial charge in [0.1, 0.15) is 11.6 Å². The van der Waals surface area contributed by atoms with E-state index in [4.69, 9.17) is 15.5 Å². The van der Waals surface area contributed by atoms with E-state index in [2.05, 4.69) is 25.8 Å². The molecule has 0 saturated carbocycles. The maximum absolute atomic E-state index is 11.3. The number of primary amides is 1. The van der Waals surface area contributed by atoms with Crippen LogP contribution in [0.1, 0.15) is 37.0 Å². The summed E-state index contributed by atoms with van der Waals surface area (Å²) < 4.78 is 5.24. The first-order valence-corrected chi connectivity index (χ1v) is 8.45. The number of benzene rings is 2.